The molecule has 1 aliphatic rings. The van der Waals surface area contributed by atoms with Gasteiger partial charge in [-0.2, -0.15) is 0 Å². The lowest BCUT2D eigenvalue weighted by Crippen LogP contribution is -2.44. The van der Waals surface area contributed by atoms with Gasteiger partial charge in [-0.15, -0.1) is 11.3 Å². The number of amides is 1. The summed E-state index contributed by atoms with van der Waals surface area (Å²) < 4.78 is 0. The van der Waals surface area contributed by atoms with Crippen molar-refractivity contribution in [1.82, 2.24) is 15.2 Å². The first-order chi connectivity index (χ1) is 11.2. The second-order valence-electron chi connectivity index (χ2n) is 5.85. The molecule has 2 aromatic heterocycles. The van der Waals surface area contributed by atoms with Crippen LogP contribution in [0.15, 0.2) is 35.8 Å². The lowest BCUT2D eigenvalue weighted by atomic mass is 10.2. The summed E-state index contributed by atoms with van der Waals surface area (Å²) in [6, 6.07) is 8.04. The maximum absolute atomic E-state index is 11.9. The number of nitrogens with zero attached hydrogens (tertiary/aromatic N) is 3. The predicted octanol–water partition coefficient (Wildman–Crippen LogP) is 1.75. The van der Waals surface area contributed by atoms with E-state index < -0.39 is 0 Å². The molecule has 1 amide bonds. The number of pyridine rings is 1. The fraction of sp³-hybridized carbons (Fsp3) is 0.412. The summed E-state index contributed by atoms with van der Waals surface area (Å²) in [5.41, 5.74) is 1.03. The van der Waals surface area contributed by atoms with E-state index in [9.17, 15) is 4.79 Å². The molecule has 2 aromatic rings. The summed E-state index contributed by atoms with van der Waals surface area (Å²) in [5, 5.41) is 4.94. The number of thiophene rings is 1. The molecule has 0 aliphatic carbocycles. The van der Waals surface area contributed by atoms with Crippen molar-refractivity contribution < 1.29 is 4.79 Å². The third kappa shape index (κ3) is 4.53. The van der Waals surface area contributed by atoms with Gasteiger partial charge in [0.25, 0.3) is 0 Å². The number of rotatable bonds is 5. The van der Waals surface area contributed by atoms with Crippen LogP contribution in [0.2, 0.25) is 0 Å². The van der Waals surface area contributed by atoms with Crippen LogP contribution in [0.5, 0.6) is 0 Å². The number of piperazine rings is 1. The number of anilines is 1. The van der Waals surface area contributed by atoms with Gasteiger partial charge in [0.2, 0.25) is 5.91 Å². The second-order valence-corrected chi connectivity index (χ2v) is 6.88. The number of carbonyl (C=O) groups excluding carboxylic acids is 1. The summed E-state index contributed by atoms with van der Waals surface area (Å²) in [6.07, 6.45) is 2.31. The van der Waals surface area contributed by atoms with Crippen molar-refractivity contribution in [2.24, 2.45) is 0 Å². The predicted molar refractivity (Wildman–Crippen MR) is 93.8 cm³/mol. The van der Waals surface area contributed by atoms with E-state index in [-0.39, 0.29) is 5.91 Å². The largest absolute Gasteiger partial charge is 0.354 e. The molecular formula is C17H22N4OS. The maximum Gasteiger partial charge on any atom is 0.225 e. The minimum atomic E-state index is 0.0515. The standard InChI is InChI=1S/C17H22N4OS/c1-20-6-8-21(9-7-20)16-5-4-14(12-18-16)13-19-17(22)11-15-3-2-10-23-15/h2-5,10,12H,6-9,11,13H2,1H3,(H,19,22). The Hall–Kier alpha value is -1.92. The number of aromatic nitrogens is 1. The quantitative estimate of drug-likeness (QED) is 0.907. The highest BCUT2D eigenvalue weighted by Crippen LogP contribution is 2.14. The summed E-state index contributed by atoms with van der Waals surface area (Å²) >= 11 is 1.61. The molecular weight excluding hydrogens is 308 g/mol. The van der Waals surface area contributed by atoms with Gasteiger partial charge < -0.3 is 15.1 Å². The Bertz CT molecular complexity index is 619. The number of nitrogens with one attached hydrogen (secondary N) is 1. The molecule has 6 heteroatoms. The van der Waals surface area contributed by atoms with E-state index in [1.807, 2.05) is 35.8 Å². The van der Waals surface area contributed by atoms with E-state index in [4.69, 9.17) is 0 Å². The summed E-state index contributed by atoms with van der Waals surface area (Å²) in [5.74, 6) is 1.07. The Morgan fingerprint density at radius 3 is 2.74 bits per heavy atom. The van der Waals surface area contributed by atoms with Gasteiger partial charge >= 0.3 is 0 Å². The Morgan fingerprint density at radius 2 is 2.09 bits per heavy atom. The molecule has 0 unspecified atom stereocenters. The van der Waals surface area contributed by atoms with Gasteiger partial charge in [0.15, 0.2) is 0 Å². The van der Waals surface area contributed by atoms with Crippen LogP contribution in [0.3, 0.4) is 0 Å². The zero-order valence-electron chi connectivity index (χ0n) is 13.4. The van der Waals surface area contributed by atoms with Crippen LogP contribution in [-0.2, 0) is 17.8 Å². The first-order valence-electron chi connectivity index (χ1n) is 7.88. The number of likely N-dealkylation sites (N-methyl/N-ethyl adjacent to an activating group) is 1. The molecule has 23 heavy (non-hydrogen) atoms. The third-order valence-electron chi connectivity index (χ3n) is 4.04. The lowest BCUT2D eigenvalue weighted by Gasteiger charge is -2.33. The molecule has 1 fully saturated rings. The fourth-order valence-electron chi connectivity index (χ4n) is 2.58. The van der Waals surface area contributed by atoms with Crippen molar-refractivity contribution in [2.75, 3.05) is 38.1 Å². The van der Waals surface area contributed by atoms with Crippen molar-refractivity contribution in [2.45, 2.75) is 13.0 Å². The lowest BCUT2D eigenvalue weighted by molar-refractivity contribution is -0.120. The van der Waals surface area contributed by atoms with Gasteiger partial charge in [-0.25, -0.2) is 4.98 Å². The van der Waals surface area contributed by atoms with Crippen molar-refractivity contribution in [3.8, 4) is 0 Å². The fourth-order valence-corrected chi connectivity index (χ4v) is 3.28. The topological polar surface area (TPSA) is 48.5 Å². The molecule has 0 spiro atoms. The number of hydrogen-bond acceptors (Lipinski definition) is 5. The highest BCUT2D eigenvalue weighted by Gasteiger charge is 2.15. The highest BCUT2D eigenvalue weighted by molar-refractivity contribution is 7.10. The Morgan fingerprint density at radius 1 is 1.26 bits per heavy atom. The smallest absolute Gasteiger partial charge is 0.225 e. The molecule has 1 N–H and O–H groups in total. The van der Waals surface area contributed by atoms with Gasteiger partial charge in [-0.05, 0) is 30.1 Å². The minimum absolute atomic E-state index is 0.0515. The van der Waals surface area contributed by atoms with Crippen molar-refractivity contribution >= 4 is 23.1 Å². The van der Waals surface area contributed by atoms with Crippen LogP contribution in [0.1, 0.15) is 10.4 Å². The second kappa shape index (κ2) is 7.57. The summed E-state index contributed by atoms with van der Waals surface area (Å²) in [7, 11) is 2.15. The molecule has 0 atom stereocenters. The Labute approximate surface area is 140 Å². The molecule has 3 rings (SSSR count). The van der Waals surface area contributed by atoms with Gasteiger partial charge in [-0.3, -0.25) is 4.79 Å². The molecule has 0 aromatic carbocycles. The molecule has 0 bridgehead atoms. The first-order valence-corrected chi connectivity index (χ1v) is 8.76. The monoisotopic (exact) mass is 330 g/mol. The van der Waals surface area contributed by atoms with Gasteiger partial charge in [0.05, 0.1) is 6.42 Å². The van der Waals surface area contributed by atoms with Crippen LogP contribution in [0.25, 0.3) is 0 Å². The van der Waals surface area contributed by atoms with E-state index in [1.54, 1.807) is 11.3 Å². The Kier molecular flexibility index (Phi) is 5.25. The van der Waals surface area contributed by atoms with E-state index >= 15 is 0 Å². The molecule has 0 radical (unpaired) electrons. The van der Waals surface area contributed by atoms with E-state index in [0.29, 0.717) is 13.0 Å². The average molecular weight is 330 g/mol. The molecule has 1 aliphatic heterocycles. The van der Waals surface area contributed by atoms with E-state index in [0.717, 1.165) is 42.4 Å². The highest BCUT2D eigenvalue weighted by atomic mass is 32.1. The molecule has 0 saturated carbocycles. The van der Waals surface area contributed by atoms with Gasteiger partial charge in [0, 0.05) is 43.8 Å². The molecule has 1 saturated heterocycles. The number of carbonyl (C=O) groups is 1. The van der Waals surface area contributed by atoms with Crippen molar-refractivity contribution in [1.29, 1.82) is 0 Å². The van der Waals surface area contributed by atoms with Crippen molar-refractivity contribution in [3.05, 3.63) is 46.3 Å². The first kappa shape index (κ1) is 16.0. The van der Waals surface area contributed by atoms with Crippen LogP contribution in [0, 0.1) is 0 Å². The normalized spacial score (nSPS) is 15.6. The van der Waals surface area contributed by atoms with Gasteiger partial charge in [0.1, 0.15) is 5.82 Å². The van der Waals surface area contributed by atoms with Crippen LogP contribution < -0.4 is 10.2 Å². The van der Waals surface area contributed by atoms with Crippen LogP contribution in [0.4, 0.5) is 5.82 Å². The van der Waals surface area contributed by atoms with Crippen LogP contribution >= 0.6 is 11.3 Å². The molecule has 122 valence electrons. The zero-order valence-corrected chi connectivity index (χ0v) is 14.2. The van der Waals surface area contributed by atoms with Crippen molar-refractivity contribution in [3.63, 3.8) is 0 Å². The Balaban J connectivity index is 1.48. The summed E-state index contributed by atoms with van der Waals surface area (Å²) in [6.45, 7) is 4.70. The third-order valence-corrected chi connectivity index (χ3v) is 4.92. The summed E-state index contributed by atoms with van der Waals surface area (Å²) in [4.78, 5) is 22.2. The maximum atomic E-state index is 11.9. The molecule has 3 heterocycles. The van der Waals surface area contributed by atoms with E-state index in [1.165, 1.54) is 0 Å². The zero-order chi connectivity index (χ0) is 16.1. The van der Waals surface area contributed by atoms with Gasteiger partial charge in [-0.1, -0.05) is 12.1 Å². The number of hydrogen-bond donors (Lipinski definition) is 1. The van der Waals surface area contributed by atoms with E-state index in [2.05, 4.69) is 27.1 Å². The van der Waals surface area contributed by atoms with Crippen LogP contribution in [-0.4, -0.2) is 49.0 Å². The SMILES string of the molecule is CN1CCN(c2ccc(CNC(=O)Cc3cccs3)cn2)CC1. The molecule has 5 nitrogen and oxygen atoms in total. The average Bonchev–Trinajstić information content (AvgIpc) is 3.07. The minimum Gasteiger partial charge on any atom is -0.354 e.